The molecule has 0 N–H and O–H groups in total. The Morgan fingerprint density at radius 1 is 1.00 bits per heavy atom. The molecule has 0 bridgehead atoms. The molecule has 0 aromatic heterocycles. The average molecular weight is 313 g/mol. The van der Waals surface area contributed by atoms with Crippen LogP contribution in [0.4, 0.5) is 0 Å². The fourth-order valence-corrected chi connectivity index (χ4v) is 4.00. The molecule has 0 saturated carbocycles. The molecule has 0 radical (unpaired) electrons. The summed E-state index contributed by atoms with van der Waals surface area (Å²) in [6.07, 6.45) is 2.83. The summed E-state index contributed by atoms with van der Waals surface area (Å²) < 4.78 is 26.8. The molecule has 0 saturated heterocycles. The first kappa shape index (κ1) is 15.0. The summed E-state index contributed by atoms with van der Waals surface area (Å²) in [6.45, 7) is 2.88. The summed E-state index contributed by atoms with van der Waals surface area (Å²) in [5, 5.41) is 0. The summed E-state index contributed by atoms with van der Waals surface area (Å²) in [7, 11) is -3.40. The Labute approximate surface area is 132 Å². The molecule has 3 rings (SSSR count). The lowest BCUT2D eigenvalue weighted by molar-refractivity contribution is 0.483. The van der Waals surface area contributed by atoms with Crippen LogP contribution < -0.4 is 0 Å². The molecule has 1 aliphatic rings. The molecule has 0 fully saturated rings. The van der Waals surface area contributed by atoms with Crippen molar-refractivity contribution in [1.82, 2.24) is 4.31 Å². The molecule has 2 aromatic rings. The molecule has 0 unspecified atom stereocenters. The van der Waals surface area contributed by atoms with Crippen LogP contribution in [0.2, 0.25) is 0 Å². The van der Waals surface area contributed by atoms with Crippen molar-refractivity contribution >= 4 is 10.0 Å². The Bertz CT molecular complexity index is 778. The topological polar surface area (TPSA) is 37.4 Å². The SMILES string of the molecule is Cc1ccc(S(=O)(=O)N2CC=C(Cc3ccccc3)C2)cc1. The summed E-state index contributed by atoms with van der Waals surface area (Å²) >= 11 is 0. The van der Waals surface area contributed by atoms with E-state index in [1.165, 1.54) is 9.87 Å². The standard InChI is InChI=1S/C18H19NO2S/c1-15-7-9-18(10-8-15)22(20,21)19-12-11-17(14-19)13-16-5-3-2-4-6-16/h2-11H,12-14H2,1H3. The molecule has 22 heavy (non-hydrogen) atoms. The molecule has 1 aliphatic heterocycles. The number of hydrogen-bond acceptors (Lipinski definition) is 2. The van der Waals surface area contributed by atoms with Crippen molar-refractivity contribution in [2.45, 2.75) is 18.2 Å². The van der Waals surface area contributed by atoms with Crippen molar-refractivity contribution in [3.05, 3.63) is 77.4 Å². The van der Waals surface area contributed by atoms with Crippen molar-refractivity contribution in [3.63, 3.8) is 0 Å². The van der Waals surface area contributed by atoms with Gasteiger partial charge >= 0.3 is 0 Å². The van der Waals surface area contributed by atoms with E-state index >= 15 is 0 Å². The van der Waals surface area contributed by atoms with E-state index in [-0.39, 0.29) is 0 Å². The lowest BCUT2D eigenvalue weighted by Gasteiger charge is -2.16. The van der Waals surface area contributed by atoms with E-state index in [2.05, 4.69) is 12.1 Å². The smallest absolute Gasteiger partial charge is 0.207 e. The molecule has 1 heterocycles. The van der Waals surface area contributed by atoms with Crippen LogP contribution in [0.5, 0.6) is 0 Å². The van der Waals surface area contributed by atoms with Gasteiger partial charge in [-0.05, 0) is 31.0 Å². The fourth-order valence-electron chi connectivity index (χ4n) is 2.62. The van der Waals surface area contributed by atoms with Crippen molar-refractivity contribution < 1.29 is 8.42 Å². The van der Waals surface area contributed by atoms with E-state index in [0.717, 1.165) is 17.6 Å². The van der Waals surface area contributed by atoms with Gasteiger partial charge < -0.3 is 0 Å². The molecule has 0 atom stereocenters. The van der Waals surface area contributed by atoms with Crippen LogP contribution in [0.3, 0.4) is 0 Å². The molecule has 0 amide bonds. The molecule has 114 valence electrons. The highest BCUT2D eigenvalue weighted by molar-refractivity contribution is 7.89. The second-order valence-electron chi connectivity index (χ2n) is 5.64. The van der Waals surface area contributed by atoms with Crippen LogP contribution in [0.1, 0.15) is 11.1 Å². The van der Waals surface area contributed by atoms with Crippen LogP contribution in [0.15, 0.2) is 71.1 Å². The van der Waals surface area contributed by atoms with Gasteiger partial charge in [-0.1, -0.05) is 59.7 Å². The highest BCUT2D eigenvalue weighted by Crippen LogP contribution is 2.23. The Morgan fingerprint density at radius 3 is 2.36 bits per heavy atom. The third-order valence-corrected chi connectivity index (χ3v) is 5.72. The maximum Gasteiger partial charge on any atom is 0.243 e. The number of hydrogen-bond donors (Lipinski definition) is 0. The monoisotopic (exact) mass is 313 g/mol. The van der Waals surface area contributed by atoms with Gasteiger partial charge in [-0.15, -0.1) is 0 Å². The second-order valence-corrected chi connectivity index (χ2v) is 7.57. The largest absolute Gasteiger partial charge is 0.243 e. The number of aryl methyl sites for hydroxylation is 1. The zero-order valence-electron chi connectivity index (χ0n) is 12.6. The zero-order chi connectivity index (χ0) is 15.6. The lowest BCUT2D eigenvalue weighted by atomic mass is 10.1. The highest BCUT2D eigenvalue weighted by atomic mass is 32.2. The van der Waals surface area contributed by atoms with Gasteiger partial charge in [0, 0.05) is 13.1 Å². The highest BCUT2D eigenvalue weighted by Gasteiger charge is 2.27. The fraction of sp³-hybridized carbons (Fsp3) is 0.222. The minimum absolute atomic E-state index is 0.368. The molecule has 4 heteroatoms. The first-order valence-electron chi connectivity index (χ1n) is 7.34. The first-order valence-corrected chi connectivity index (χ1v) is 8.78. The van der Waals surface area contributed by atoms with Crippen molar-refractivity contribution in [2.24, 2.45) is 0 Å². The van der Waals surface area contributed by atoms with Crippen LogP contribution in [0, 0.1) is 6.92 Å². The van der Waals surface area contributed by atoms with Crippen molar-refractivity contribution in [2.75, 3.05) is 13.1 Å². The van der Waals surface area contributed by atoms with Crippen LogP contribution in [-0.4, -0.2) is 25.8 Å². The van der Waals surface area contributed by atoms with Crippen molar-refractivity contribution in [1.29, 1.82) is 0 Å². The van der Waals surface area contributed by atoms with E-state index in [1.807, 2.05) is 43.3 Å². The third-order valence-electron chi connectivity index (χ3n) is 3.90. The van der Waals surface area contributed by atoms with Crippen LogP contribution in [0.25, 0.3) is 0 Å². The molecule has 0 aliphatic carbocycles. The molecule has 2 aromatic carbocycles. The number of rotatable bonds is 4. The minimum atomic E-state index is -3.40. The van der Waals surface area contributed by atoms with Crippen molar-refractivity contribution in [3.8, 4) is 0 Å². The van der Waals surface area contributed by atoms with E-state index in [1.54, 1.807) is 12.1 Å². The summed E-state index contributed by atoms with van der Waals surface area (Å²) in [5.74, 6) is 0. The molecular formula is C18H19NO2S. The number of sulfonamides is 1. The number of benzene rings is 2. The van der Waals surface area contributed by atoms with Crippen LogP contribution >= 0.6 is 0 Å². The predicted molar refractivity (Wildman–Crippen MR) is 88.2 cm³/mol. The van der Waals surface area contributed by atoms with E-state index < -0.39 is 10.0 Å². The number of nitrogens with zero attached hydrogens (tertiary/aromatic N) is 1. The van der Waals surface area contributed by atoms with Gasteiger partial charge in [0.2, 0.25) is 10.0 Å². The average Bonchev–Trinajstić information content (AvgIpc) is 2.98. The predicted octanol–water partition coefficient (Wildman–Crippen LogP) is 3.17. The van der Waals surface area contributed by atoms with Crippen LogP contribution in [-0.2, 0) is 16.4 Å². The van der Waals surface area contributed by atoms with E-state index in [0.29, 0.717) is 18.0 Å². The Morgan fingerprint density at radius 2 is 1.68 bits per heavy atom. The Balaban J connectivity index is 1.72. The zero-order valence-corrected chi connectivity index (χ0v) is 13.4. The first-order chi connectivity index (χ1) is 10.6. The van der Waals surface area contributed by atoms with Gasteiger partial charge in [0.25, 0.3) is 0 Å². The van der Waals surface area contributed by atoms with Gasteiger partial charge in [-0.25, -0.2) is 8.42 Å². The third kappa shape index (κ3) is 3.13. The minimum Gasteiger partial charge on any atom is -0.207 e. The maximum atomic E-state index is 12.6. The summed E-state index contributed by atoms with van der Waals surface area (Å²) in [4.78, 5) is 0.368. The van der Waals surface area contributed by atoms with Gasteiger partial charge in [-0.2, -0.15) is 4.31 Å². The summed E-state index contributed by atoms with van der Waals surface area (Å²) in [6, 6.07) is 17.2. The summed E-state index contributed by atoms with van der Waals surface area (Å²) in [5.41, 5.74) is 3.42. The van der Waals surface area contributed by atoms with Gasteiger partial charge in [0.05, 0.1) is 4.90 Å². The maximum absolute atomic E-state index is 12.6. The Hall–Kier alpha value is -1.91. The quantitative estimate of drug-likeness (QED) is 0.813. The lowest BCUT2D eigenvalue weighted by Crippen LogP contribution is -2.29. The molecule has 0 spiro atoms. The van der Waals surface area contributed by atoms with Gasteiger partial charge in [-0.3, -0.25) is 0 Å². The van der Waals surface area contributed by atoms with Gasteiger partial charge in [0.15, 0.2) is 0 Å². The Kier molecular flexibility index (Phi) is 4.14. The normalized spacial score (nSPS) is 15.8. The van der Waals surface area contributed by atoms with E-state index in [4.69, 9.17) is 0 Å². The van der Waals surface area contributed by atoms with E-state index in [9.17, 15) is 8.42 Å². The second kappa shape index (κ2) is 6.07. The molecule has 3 nitrogen and oxygen atoms in total. The molecular weight excluding hydrogens is 294 g/mol. The van der Waals surface area contributed by atoms with Gasteiger partial charge in [0.1, 0.15) is 0 Å².